The summed E-state index contributed by atoms with van der Waals surface area (Å²) < 4.78 is 0. The molecule has 0 aliphatic carbocycles. The van der Waals surface area contributed by atoms with Gasteiger partial charge in [-0.1, -0.05) is 36.2 Å². The molecule has 3 aromatic rings. The molecule has 1 amide bonds. The van der Waals surface area contributed by atoms with Crippen molar-refractivity contribution in [1.82, 2.24) is 19.9 Å². The zero-order chi connectivity index (χ0) is 23.2. The van der Waals surface area contributed by atoms with Crippen molar-refractivity contribution in [2.45, 2.75) is 13.3 Å². The predicted molar refractivity (Wildman–Crippen MR) is 133 cm³/mol. The highest BCUT2D eigenvalue weighted by Crippen LogP contribution is 2.25. The number of aromatic nitrogens is 3. The van der Waals surface area contributed by atoms with Crippen LogP contribution in [0.25, 0.3) is 0 Å². The van der Waals surface area contributed by atoms with Crippen molar-refractivity contribution in [3.05, 3.63) is 64.5 Å². The molecule has 1 aromatic carbocycles. The largest absolute Gasteiger partial charge is 0.354 e. The molecular formula is C23H25Cl2N7O. The van der Waals surface area contributed by atoms with Gasteiger partial charge in [-0.05, 0) is 37.2 Å². The molecule has 0 bridgehead atoms. The third-order valence-electron chi connectivity index (χ3n) is 5.34. The van der Waals surface area contributed by atoms with E-state index in [-0.39, 0.29) is 15.6 Å². The van der Waals surface area contributed by atoms with Gasteiger partial charge in [-0.2, -0.15) is 0 Å². The number of halogens is 2. The molecule has 1 aliphatic heterocycles. The van der Waals surface area contributed by atoms with Crippen molar-refractivity contribution < 1.29 is 4.79 Å². The fraction of sp³-hybridized carbons (Fsp3) is 0.304. The number of piperazine rings is 1. The molecule has 2 N–H and O–H groups in total. The number of amides is 1. The Labute approximate surface area is 203 Å². The Morgan fingerprint density at radius 3 is 2.21 bits per heavy atom. The van der Waals surface area contributed by atoms with Gasteiger partial charge in [0, 0.05) is 26.2 Å². The van der Waals surface area contributed by atoms with Crippen molar-refractivity contribution >= 4 is 52.3 Å². The average Bonchev–Trinajstić information content (AvgIpc) is 2.82. The van der Waals surface area contributed by atoms with Crippen LogP contribution in [0.1, 0.15) is 23.7 Å². The summed E-state index contributed by atoms with van der Waals surface area (Å²) in [6.07, 6.45) is 5.97. The van der Waals surface area contributed by atoms with E-state index in [2.05, 4.69) is 42.3 Å². The van der Waals surface area contributed by atoms with Gasteiger partial charge in [0.1, 0.15) is 5.82 Å². The predicted octanol–water partition coefficient (Wildman–Crippen LogP) is 4.71. The van der Waals surface area contributed by atoms with Gasteiger partial charge in [0.15, 0.2) is 0 Å². The number of benzene rings is 1. The highest BCUT2D eigenvalue weighted by Gasteiger charge is 2.17. The van der Waals surface area contributed by atoms with Gasteiger partial charge < -0.3 is 15.5 Å². The standard InChI is InChI=1S/C23H25Cl2N7O/c1-2-8-31-9-11-32(12-10-31)20-7-6-16(13-26-20)30-23-27-14-17(15-28-23)29-22(33)21-18(24)4-3-5-19(21)25/h3-7,13-15H,2,8-12H2,1H3,(H,29,33)(H,27,28,30). The van der Waals surface area contributed by atoms with E-state index in [0.29, 0.717) is 11.6 Å². The Bertz CT molecular complexity index is 1060. The van der Waals surface area contributed by atoms with Crippen LogP contribution in [0.3, 0.4) is 0 Å². The SMILES string of the molecule is CCCN1CCN(c2ccc(Nc3ncc(NC(=O)c4c(Cl)cccc4Cl)cn3)cn2)CC1. The first-order valence-electron chi connectivity index (χ1n) is 10.8. The number of carbonyl (C=O) groups is 1. The minimum absolute atomic E-state index is 0.209. The lowest BCUT2D eigenvalue weighted by molar-refractivity contribution is 0.102. The minimum Gasteiger partial charge on any atom is -0.354 e. The first-order valence-corrected chi connectivity index (χ1v) is 11.6. The number of carbonyl (C=O) groups excluding carboxylic acids is 1. The van der Waals surface area contributed by atoms with E-state index in [0.717, 1.165) is 44.2 Å². The van der Waals surface area contributed by atoms with Gasteiger partial charge in [-0.15, -0.1) is 0 Å². The second kappa shape index (κ2) is 10.8. The van der Waals surface area contributed by atoms with Crippen LogP contribution in [0, 0.1) is 0 Å². The van der Waals surface area contributed by atoms with Crippen LogP contribution < -0.4 is 15.5 Å². The number of hydrogen-bond acceptors (Lipinski definition) is 7. The normalized spacial score (nSPS) is 14.2. The molecule has 0 saturated carbocycles. The Balaban J connectivity index is 1.33. The Morgan fingerprint density at radius 1 is 0.939 bits per heavy atom. The van der Waals surface area contributed by atoms with Crippen molar-refractivity contribution in [3.8, 4) is 0 Å². The van der Waals surface area contributed by atoms with E-state index in [1.54, 1.807) is 24.4 Å². The van der Waals surface area contributed by atoms with Gasteiger partial charge in [0.05, 0.1) is 45.6 Å². The zero-order valence-corrected chi connectivity index (χ0v) is 19.8. The molecule has 3 heterocycles. The highest BCUT2D eigenvalue weighted by atomic mass is 35.5. The van der Waals surface area contributed by atoms with E-state index in [1.165, 1.54) is 18.8 Å². The van der Waals surface area contributed by atoms with Crippen LogP contribution in [0.5, 0.6) is 0 Å². The minimum atomic E-state index is -0.426. The van der Waals surface area contributed by atoms with Crippen LogP contribution in [0.2, 0.25) is 10.0 Å². The average molecular weight is 486 g/mol. The van der Waals surface area contributed by atoms with Crippen LogP contribution >= 0.6 is 23.2 Å². The van der Waals surface area contributed by atoms with Crippen molar-refractivity contribution in [2.75, 3.05) is 48.3 Å². The first kappa shape index (κ1) is 23.2. The first-order chi connectivity index (χ1) is 16.0. The molecule has 0 spiro atoms. The number of nitrogens with zero attached hydrogens (tertiary/aromatic N) is 5. The summed E-state index contributed by atoms with van der Waals surface area (Å²) in [5, 5.41) is 6.38. The summed E-state index contributed by atoms with van der Waals surface area (Å²) in [6, 6.07) is 8.86. The molecule has 1 saturated heterocycles. The number of hydrogen-bond donors (Lipinski definition) is 2. The molecule has 0 atom stereocenters. The maximum atomic E-state index is 12.5. The van der Waals surface area contributed by atoms with Crippen LogP contribution in [-0.4, -0.2) is 58.5 Å². The molecule has 0 radical (unpaired) electrons. The molecule has 33 heavy (non-hydrogen) atoms. The molecule has 0 unspecified atom stereocenters. The number of nitrogens with one attached hydrogen (secondary N) is 2. The fourth-order valence-corrected chi connectivity index (χ4v) is 4.23. The molecule has 172 valence electrons. The quantitative estimate of drug-likeness (QED) is 0.501. The maximum Gasteiger partial charge on any atom is 0.258 e. The smallest absolute Gasteiger partial charge is 0.258 e. The number of anilines is 4. The highest BCUT2D eigenvalue weighted by molar-refractivity contribution is 6.40. The molecule has 1 fully saturated rings. The lowest BCUT2D eigenvalue weighted by atomic mass is 10.2. The lowest BCUT2D eigenvalue weighted by Gasteiger charge is -2.35. The van der Waals surface area contributed by atoms with Crippen molar-refractivity contribution in [3.63, 3.8) is 0 Å². The topological polar surface area (TPSA) is 86.3 Å². The Kier molecular flexibility index (Phi) is 7.59. The van der Waals surface area contributed by atoms with Crippen LogP contribution in [-0.2, 0) is 0 Å². The van der Waals surface area contributed by atoms with Crippen molar-refractivity contribution in [2.24, 2.45) is 0 Å². The Morgan fingerprint density at radius 2 is 1.61 bits per heavy atom. The molecule has 2 aromatic heterocycles. The third kappa shape index (κ3) is 5.90. The van der Waals surface area contributed by atoms with E-state index >= 15 is 0 Å². The van der Waals surface area contributed by atoms with Gasteiger partial charge in [0.2, 0.25) is 5.95 Å². The van der Waals surface area contributed by atoms with E-state index in [9.17, 15) is 4.79 Å². The summed E-state index contributed by atoms with van der Waals surface area (Å²) >= 11 is 12.2. The van der Waals surface area contributed by atoms with E-state index in [4.69, 9.17) is 23.2 Å². The molecule has 4 rings (SSSR count). The number of pyridine rings is 1. The van der Waals surface area contributed by atoms with Gasteiger partial charge >= 0.3 is 0 Å². The van der Waals surface area contributed by atoms with Gasteiger partial charge in [0.25, 0.3) is 5.91 Å². The van der Waals surface area contributed by atoms with Crippen LogP contribution in [0.15, 0.2) is 48.9 Å². The summed E-state index contributed by atoms with van der Waals surface area (Å²) in [6.45, 7) is 7.46. The van der Waals surface area contributed by atoms with Crippen molar-refractivity contribution in [1.29, 1.82) is 0 Å². The van der Waals surface area contributed by atoms with Gasteiger partial charge in [-0.3, -0.25) is 9.69 Å². The lowest BCUT2D eigenvalue weighted by Crippen LogP contribution is -2.46. The van der Waals surface area contributed by atoms with E-state index < -0.39 is 5.91 Å². The molecule has 10 heteroatoms. The molecule has 1 aliphatic rings. The Hall–Kier alpha value is -2.94. The fourth-order valence-electron chi connectivity index (χ4n) is 3.66. The maximum absolute atomic E-state index is 12.5. The summed E-state index contributed by atoms with van der Waals surface area (Å²) in [5.41, 5.74) is 1.42. The summed E-state index contributed by atoms with van der Waals surface area (Å²) in [5.74, 6) is 0.936. The second-order valence-corrected chi connectivity index (χ2v) is 8.52. The second-order valence-electron chi connectivity index (χ2n) is 7.70. The zero-order valence-electron chi connectivity index (χ0n) is 18.3. The van der Waals surface area contributed by atoms with E-state index in [1.807, 2.05) is 12.1 Å². The summed E-state index contributed by atoms with van der Waals surface area (Å²) in [4.78, 5) is 30.4. The van der Waals surface area contributed by atoms with Gasteiger partial charge in [-0.25, -0.2) is 15.0 Å². The molecular weight excluding hydrogens is 461 g/mol. The molecule has 8 nitrogen and oxygen atoms in total. The summed E-state index contributed by atoms with van der Waals surface area (Å²) in [7, 11) is 0. The van der Waals surface area contributed by atoms with Crippen LogP contribution in [0.4, 0.5) is 23.1 Å². The monoisotopic (exact) mass is 485 g/mol. The number of rotatable bonds is 7. The third-order valence-corrected chi connectivity index (χ3v) is 5.97.